The first-order valence-corrected chi connectivity index (χ1v) is 7.36. The first kappa shape index (κ1) is 17.8. The first-order chi connectivity index (χ1) is 10.1. The summed E-state index contributed by atoms with van der Waals surface area (Å²) in [4.78, 5) is 13.4. The van der Waals surface area contributed by atoms with E-state index in [4.69, 9.17) is 16.3 Å². The predicted octanol–water partition coefficient (Wildman–Crippen LogP) is 1.65. The number of halogens is 1. The van der Waals surface area contributed by atoms with Crippen LogP contribution in [0.5, 0.6) is 0 Å². The molecule has 0 aliphatic carbocycles. The van der Waals surface area contributed by atoms with Gasteiger partial charge in [0.25, 0.3) is 0 Å². The van der Waals surface area contributed by atoms with Crippen LogP contribution >= 0.6 is 11.6 Å². The van der Waals surface area contributed by atoms with Crippen LogP contribution in [0.3, 0.4) is 0 Å². The van der Waals surface area contributed by atoms with E-state index in [1.807, 2.05) is 25.2 Å². The quantitative estimate of drug-likeness (QED) is 0.681. The third-order valence-electron chi connectivity index (χ3n) is 3.21. The van der Waals surface area contributed by atoms with Crippen LogP contribution in [0.15, 0.2) is 18.2 Å². The molecule has 0 atom stereocenters. The average molecular weight is 314 g/mol. The Bertz CT molecular complexity index is 455. The molecule has 0 fully saturated rings. The molecule has 1 aromatic carbocycles. The van der Waals surface area contributed by atoms with Gasteiger partial charge in [-0.2, -0.15) is 0 Å². The van der Waals surface area contributed by atoms with Crippen LogP contribution in [0, 0.1) is 0 Å². The van der Waals surface area contributed by atoms with Gasteiger partial charge in [0.05, 0.1) is 6.61 Å². The molecular formula is C15H24ClN3O2. The number of hydrogen-bond donors (Lipinski definition) is 2. The van der Waals surface area contributed by atoms with E-state index in [1.165, 1.54) is 0 Å². The van der Waals surface area contributed by atoms with Crippen LogP contribution in [0.1, 0.15) is 12.0 Å². The van der Waals surface area contributed by atoms with Gasteiger partial charge in [-0.05, 0) is 17.7 Å². The largest absolute Gasteiger partial charge is 0.383 e. The number of nitrogens with zero attached hydrogens (tertiary/aromatic N) is 1. The molecule has 0 bridgehead atoms. The number of ether oxygens (including phenoxy) is 1. The third-order valence-corrected chi connectivity index (χ3v) is 3.45. The molecule has 0 radical (unpaired) electrons. The molecule has 0 saturated carbocycles. The molecular weight excluding hydrogens is 290 g/mol. The molecule has 0 aliphatic heterocycles. The van der Waals surface area contributed by atoms with Crippen molar-refractivity contribution in [3.05, 3.63) is 28.8 Å². The zero-order valence-corrected chi connectivity index (χ0v) is 13.7. The normalized spacial score (nSPS) is 10.5. The molecule has 118 valence electrons. The monoisotopic (exact) mass is 313 g/mol. The Labute approximate surface area is 131 Å². The van der Waals surface area contributed by atoms with Crippen LogP contribution in [-0.4, -0.2) is 46.8 Å². The smallest absolute Gasteiger partial charge is 0.221 e. The Balaban J connectivity index is 2.68. The van der Waals surface area contributed by atoms with Crippen molar-refractivity contribution in [2.24, 2.45) is 0 Å². The van der Waals surface area contributed by atoms with Crippen molar-refractivity contribution in [1.82, 2.24) is 10.6 Å². The van der Waals surface area contributed by atoms with Crippen molar-refractivity contribution in [1.29, 1.82) is 0 Å². The van der Waals surface area contributed by atoms with Gasteiger partial charge in [0.1, 0.15) is 0 Å². The van der Waals surface area contributed by atoms with E-state index >= 15 is 0 Å². The summed E-state index contributed by atoms with van der Waals surface area (Å²) in [7, 11) is 5.29. The van der Waals surface area contributed by atoms with Gasteiger partial charge in [0.2, 0.25) is 5.91 Å². The highest BCUT2D eigenvalue weighted by atomic mass is 35.5. The lowest BCUT2D eigenvalue weighted by Crippen LogP contribution is -2.27. The Morgan fingerprint density at radius 3 is 2.86 bits per heavy atom. The minimum absolute atomic E-state index is 0.0312. The second-order valence-electron chi connectivity index (χ2n) is 4.79. The van der Waals surface area contributed by atoms with Crippen molar-refractivity contribution in [2.75, 3.05) is 45.8 Å². The summed E-state index contributed by atoms with van der Waals surface area (Å²) in [6.45, 7) is 2.85. The summed E-state index contributed by atoms with van der Waals surface area (Å²) in [5.41, 5.74) is 2.19. The average Bonchev–Trinajstić information content (AvgIpc) is 2.49. The lowest BCUT2D eigenvalue weighted by atomic mass is 10.1. The number of benzene rings is 1. The highest BCUT2D eigenvalue weighted by Crippen LogP contribution is 2.24. The highest BCUT2D eigenvalue weighted by Gasteiger charge is 2.10. The van der Waals surface area contributed by atoms with Gasteiger partial charge in [0, 0.05) is 58.0 Å². The standard InChI is InChI=1S/C15H24ClN3O2/c1-17-15(20)6-8-19(2)14-10-13(16)5-4-12(14)11-18-7-9-21-3/h4-5,10,18H,6-9,11H2,1-3H3,(H,17,20). The Morgan fingerprint density at radius 2 is 2.19 bits per heavy atom. The lowest BCUT2D eigenvalue weighted by Gasteiger charge is -2.23. The van der Waals surface area contributed by atoms with Gasteiger partial charge in [-0.3, -0.25) is 4.79 Å². The van der Waals surface area contributed by atoms with E-state index in [9.17, 15) is 4.79 Å². The fourth-order valence-electron chi connectivity index (χ4n) is 1.95. The molecule has 6 heteroatoms. The van der Waals surface area contributed by atoms with E-state index < -0.39 is 0 Å². The first-order valence-electron chi connectivity index (χ1n) is 6.98. The minimum Gasteiger partial charge on any atom is -0.383 e. The summed E-state index contributed by atoms with van der Waals surface area (Å²) in [6.07, 6.45) is 0.454. The lowest BCUT2D eigenvalue weighted by molar-refractivity contribution is -0.120. The number of methoxy groups -OCH3 is 1. The van der Waals surface area contributed by atoms with Gasteiger partial charge in [0.15, 0.2) is 0 Å². The zero-order valence-electron chi connectivity index (χ0n) is 12.9. The number of rotatable bonds is 9. The summed E-state index contributed by atoms with van der Waals surface area (Å²) in [6, 6.07) is 5.82. The molecule has 0 spiro atoms. The molecule has 1 rings (SSSR count). The van der Waals surface area contributed by atoms with Crippen molar-refractivity contribution in [3.63, 3.8) is 0 Å². The van der Waals surface area contributed by atoms with E-state index in [0.29, 0.717) is 24.6 Å². The zero-order chi connectivity index (χ0) is 15.7. The second-order valence-corrected chi connectivity index (χ2v) is 5.22. The van der Waals surface area contributed by atoms with Gasteiger partial charge < -0.3 is 20.3 Å². The molecule has 0 aliphatic rings. The Morgan fingerprint density at radius 1 is 1.43 bits per heavy atom. The molecule has 21 heavy (non-hydrogen) atoms. The van der Waals surface area contributed by atoms with Crippen LogP contribution in [-0.2, 0) is 16.1 Å². The number of carbonyl (C=O) groups excluding carboxylic acids is 1. The number of anilines is 1. The van der Waals surface area contributed by atoms with Gasteiger partial charge >= 0.3 is 0 Å². The summed E-state index contributed by atoms with van der Waals surface area (Å²) >= 11 is 6.09. The predicted molar refractivity (Wildman–Crippen MR) is 87.0 cm³/mol. The fraction of sp³-hybridized carbons (Fsp3) is 0.533. The molecule has 1 aromatic rings. The third kappa shape index (κ3) is 6.33. The number of carbonyl (C=O) groups is 1. The van der Waals surface area contributed by atoms with Crippen molar-refractivity contribution in [3.8, 4) is 0 Å². The van der Waals surface area contributed by atoms with E-state index in [2.05, 4.69) is 15.5 Å². The van der Waals surface area contributed by atoms with Crippen LogP contribution < -0.4 is 15.5 Å². The number of amides is 1. The molecule has 1 amide bonds. The van der Waals surface area contributed by atoms with E-state index in [1.54, 1.807) is 14.2 Å². The van der Waals surface area contributed by atoms with Crippen LogP contribution in [0.25, 0.3) is 0 Å². The van der Waals surface area contributed by atoms with Gasteiger partial charge in [-0.25, -0.2) is 0 Å². The van der Waals surface area contributed by atoms with Crippen LogP contribution in [0.2, 0.25) is 5.02 Å². The van der Waals surface area contributed by atoms with Crippen molar-refractivity contribution < 1.29 is 9.53 Å². The van der Waals surface area contributed by atoms with E-state index in [-0.39, 0.29) is 5.91 Å². The molecule has 0 aromatic heterocycles. The minimum atomic E-state index is 0.0312. The van der Waals surface area contributed by atoms with Crippen molar-refractivity contribution in [2.45, 2.75) is 13.0 Å². The second kappa shape index (κ2) is 9.60. The fourth-order valence-corrected chi connectivity index (χ4v) is 2.12. The van der Waals surface area contributed by atoms with Gasteiger partial charge in [-0.15, -0.1) is 0 Å². The maximum absolute atomic E-state index is 11.4. The maximum atomic E-state index is 11.4. The molecule has 0 unspecified atom stereocenters. The highest BCUT2D eigenvalue weighted by molar-refractivity contribution is 6.30. The van der Waals surface area contributed by atoms with E-state index in [0.717, 1.165) is 24.3 Å². The summed E-state index contributed by atoms with van der Waals surface area (Å²) < 4.78 is 5.02. The maximum Gasteiger partial charge on any atom is 0.221 e. The number of hydrogen-bond acceptors (Lipinski definition) is 4. The van der Waals surface area contributed by atoms with Crippen molar-refractivity contribution >= 4 is 23.2 Å². The molecule has 5 nitrogen and oxygen atoms in total. The molecule has 0 saturated heterocycles. The van der Waals surface area contributed by atoms with Gasteiger partial charge in [-0.1, -0.05) is 17.7 Å². The SMILES string of the molecule is CNC(=O)CCN(C)c1cc(Cl)ccc1CNCCOC. The topological polar surface area (TPSA) is 53.6 Å². The Kier molecular flexibility index (Phi) is 8.12. The summed E-state index contributed by atoms with van der Waals surface area (Å²) in [5.74, 6) is 0.0312. The summed E-state index contributed by atoms with van der Waals surface area (Å²) in [5, 5.41) is 6.64. The Hall–Kier alpha value is -1.30. The molecule has 0 heterocycles. The molecule has 2 N–H and O–H groups in total. The number of nitrogens with one attached hydrogen (secondary N) is 2. The van der Waals surface area contributed by atoms with Crippen LogP contribution in [0.4, 0.5) is 5.69 Å².